The summed E-state index contributed by atoms with van der Waals surface area (Å²) in [5, 5.41) is 11.8. The van der Waals surface area contributed by atoms with Gasteiger partial charge in [-0.15, -0.1) is 0 Å². The van der Waals surface area contributed by atoms with E-state index in [2.05, 4.69) is 90.4 Å². The predicted octanol–water partition coefficient (Wildman–Crippen LogP) is 14.0. The van der Waals surface area contributed by atoms with Crippen molar-refractivity contribution < 1.29 is 103 Å². The van der Waals surface area contributed by atoms with E-state index in [1.807, 2.05) is 27.7 Å². The van der Waals surface area contributed by atoms with Gasteiger partial charge in [-0.2, -0.15) is 68.0 Å². The number of aldehydes is 1. The van der Waals surface area contributed by atoms with Gasteiger partial charge in [-0.25, -0.2) is 41.3 Å². The van der Waals surface area contributed by atoms with Gasteiger partial charge in [0, 0.05) is 163 Å². The highest BCUT2D eigenvalue weighted by molar-refractivity contribution is 9.10. The zero-order valence-corrected chi connectivity index (χ0v) is 64.9. The maximum absolute atomic E-state index is 14.0. The Kier molecular flexibility index (Phi) is 24.2. The summed E-state index contributed by atoms with van der Waals surface area (Å²) in [7, 11) is -3.10. The van der Waals surface area contributed by atoms with Gasteiger partial charge in [-0.1, -0.05) is 39.3 Å². The van der Waals surface area contributed by atoms with E-state index in [0.29, 0.717) is 30.3 Å². The summed E-state index contributed by atoms with van der Waals surface area (Å²) >= 11 is 2.70. The van der Waals surface area contributed by atoms with Gasteiger partial charge in [0.2, 0.25) is 23.6 Å². The fraction of sp³-hybridized carbons (Fsp3) is 0.569. The molecule has 1 N–H and O–H groups in total. The third-order valence-corrected chi connectivity index (χ3v) is 22.5. The molecule has 13 rings (SSSR count). The van der Waals surface area contributed by atoms with E-state index in [1.54, 1.807) is 37.8 Å². The van der Waals surface area contributed by atoms with Gasteiger partial charge >= 0.3 is 31.8 Å². The lowest BCUT2D eigenvalue weighted by Gasteiger charge is -2.32. The Bertz CT molecular complexity index is 5000. The van der Waals surface area contributed by atoms with Crippen LogP contribution in [0.15, 0.2) is 74.6 Å². The standard InChI is InChI=1S/C21H26F5N5O2Si.C15H12F5N5O.C14H19BrF3N3O2Si.C13H19BF2N2O2.C2HF3O/c1-13-9-30-18(32)16(14-8-27-29(10-14)11-15-7-20(15,22)23)17(21(24,25)26)28-19(30)31(13)12-33-5-6-34(2,3)4;1-7-4-25-12(26)10(11(15(18,19)20)23-13(25)22-7)8-3-21-24(5-8)6-9-2-14(9,16)17;1-9-7-20-12(22)10(15)11(14(16,17)18)19-13(20)21(9)8-23-5-6-24(2,3)4;1-11(2)12(3,4)20-14(19-11)10-6-17-18(8-10)7-9-5-13(9,15)16;3-2(4,5)1-6/h8-10,15H,5-7,11-12H2,1-4H3;3-5,9H,2,6H2,1H3,(H,22,23);7H,5-6,8H2,1-4H3;6,8-9H,5,7H2,1-4H3;1H. The van der Waals surface area contributed by atoms with Crippen molar-refractivity contribution in [1.29, 1.82) is 0 Å². The highest BCUT2D eigenvalue weighted by Crippen LogP contribution is 2.51. The molecule has 4 fully saturated rings. The van der Waals surface area contributed by atoms with Crippen LogP contribution in [0.1, 0.15) is 81.1 Å². The van der Waals surface area contributed by atoms with E-state index in [0.717, 1.165) is 58.7 Å². The fourth-order valence-electron chi connectivity index (χ4n) is 11.0. The van der Waals surface area contributed by atoms with E-state index in [-0.39, 0.29) is 80.8 Å². The van der Waals surface area contributed by atoms with Crippen molar-refractivity contribution in [2.45, 2.75) is 206 Å². The second kappa shape index (κ2) is 30.9. The first kappa shape index (κ1) is 86.1. The van der Waals surface area contributed by atoms with E-state index in [1.165, 1.54) is 33.9 Å². The molecule has 45 heteroatoms. The Labute approximate surface area is 624 Å². The first-order valence-corrected chi connectivity index (χ1v) is 42.0. The summed E-state index contributed by atoms with van der Waals surface area (Å²) in [6, 6.07) is 1.82. The lowest BCUT2D eigenvalue weighted by Crippen LogP contribution is -2.41. The second-order valence-corrected chi connectivity index (χ2v) is 42.6. The number of alkyl halides is 18. The summed E-state index contributed by atoms with van der Waals surface area (Å²) in [5.74, 6) is -11.0. The minimum absolute atomic E-state index is 0.0383. The summed E-state index contributed by atoms with van der Waals surface area (Å²) in [4.78, 5) is 60.2. The van der Waals surface area contributed by atoms with Crippen LogP contribution in [-0.4, -0.2) is 150 Å². The lowest BCUT2D eigenvalue weighted by molar-refractivity contribution is -0.156. The smallest absolute Gasteiger partial charge is 0.399 e. The first-order chi connectivity index (χ1) is 50.3. The van der Waals surface area contributed by atoms with Crippen LogP contribution in [0.25, 0.3) is 39.6 Å². The van der Waals surface area contributed by atoms with Crippen molar-refractivity contribution in [3.8, 4) is 22.3 Å². The Balaban J connectivity index is 0.000000167. The molecule has 3 unspecified atom stereocenters. The number of ether oxygens (including phenoxy) is 2. The topological polar surface area (TPSA) is 236 Å². The zero-order valence-electron chi connectivity index (χ0n) is 61.3. The number of hydrogen-bond acceptors (Lipinski definition) is 14. The number of aromatic amines is 1. The minimum atomic E-state index is -4.92. The van der Waals surface area contributed by atoms with Crippen LogP contribution in [0.5, 0.6) is 0 Å². The highest BCUT2D eigenvalue weighted by Gasteiger charge is 2.59. The molecule has 3 saturated carbocycles. The quantitative estimate of drug-likeness (QED) is 0.0343. The maximum atomic E-state index is 14.0. The summed E-state index contributed by atoms with van der Waals surface area (Å²) in [6.07, 6.45) is -8.79. The molecule has 0 amide bonds. The van der Waals surface area contributed by atoms with E-state index >= 15 is 0 Å². The van der Waals surface area contributed by atoms with Gasteiger partial charge in [0.25, 0.3) is 34.4 Å². The Morgan fingerprint density at radius 2 is 0.900 bits per heavy atom. The van der Waals surface area contributed by atoms with E-state index in [9.17, 15) is 93.4 Å². The summed E-state index contributed by atoms with van der Waals surface area (Å²) in [5.41, 5.74) is -6.62. The number of halogens is 19. The second-order valence-electron chi connectivity index (χ2n) is 30.5. The van der Waals surface area contributed by atoms with Crippen molar-refractivity contribution in [2.24, 2.45) is 17.8 Å². The third-order valence-electron chi connectivity index (χ3n) is 18.3. The van der Waals surface area contributed by atoms with Gasteiger partial charge in [0.05, 0.1) is 34.7 Å². The van der Waals surface area contributed by atoms with Crippen molar-refractivity contribution in [2.75, 3.05) is 13.2 Å². The third kappa shape index (κ3) is 20.7. The first-order valence-electron chi connectivity index (χ1n) is 33.8. The molecular weight excluding hydrogens is 1610 g/mol. The van der Waals surface area contributed by atoms with Gasteiger partial charge < -0.3 is 23.8 Å². The van der Waals surface area contributed by atoms with Gasteiger partial charge in [0.15, 0.2) is 17.1 Å². The normalized spacial score (nSPS) is 19.0. The number of rotatable bonds is 19. The van der Waals surface area contributed by atoms with Crippen LogP contribution in [-0.2, 0) is 75.2 Å². The monoisotopic (exact) mass is 1680 g/mol. The predicted molar refractivity (Wildman–Crippen MR) is 372 cm³/mol. The number of aromatic nitrogens is 15. The number of imidazole rings is 3. The highest BCUT2D eigenvalue weighted by atomic mass is 79.9. The average Bonchev–Trinajstić information content (AvgIpc) is 1.52. The Morgan fingerprint density at radius 3 is 1.27 bits per heavy atom. The van der Waals surface area contributed by atoms with Crippen molar-refractivity contribution in [3.05, 3.63) is 125 Å². The lowest BCUT2D eigenvalue weighted by atomic mass is 9.82. The van der Waals surface area contributed by atoms with Crippen molar-refractivity contribution in [3.63, 3.8) is 0 Å². The van der Waals surface area contributed by atoms with Crippen LogP contribution in [0.2, 0.25) is 51.4 Å². The number of carbonyl (C=O) groups is 1. The van der Waals surface area contributed by atoms with Crippen LogP contribution < -0.4 is 22.1 Å². The molecule has 10 heterocycles. The molecule has 604 valence electrons. The van der Waals surface area contributed by atoms with Crippen LogP contribution in [0.3, 0.4) is 0 Å². The zero-order chi connectivity index (χ0) is 82.2. The Morgan fingerprint density at radius 1 is 0.545 bits per heavy atom. The van der Waals surface area contributed by atoms with Gasteiger partial charge in [-0.05, 0) is 76.5 Å². The average molecular weight is 1690 g/mol. The van der Waals surface area contributed by atoms with Crippen LogP contribution in [0, 0.1) is 38.5 Å². The number of nitrogens with zero attached hydrogens (tertiary/aromatic N) is 14. The molecule has 1 saturated heterocycles. The summed E-state index contributed by atoms with van der Waals surface area (Å²) < 4.78 is 263. The molecular formula is C65H77BBrF18N15O8Si2. The molecule has 9 aromatic rings. The molecule has 23 nitrogen and oxygen atoms in total. The number of fused-ring (bicyclic) bond motifs is 3. The molecule has 9 aromatic heterocycles. The minimum Gasteiger partial charge on any atom is -0.399 e. The Hall–Kier alpha value is -7.88. The molecule has 3 atom stereocenters. The molecule has 0 aromatic carbocycles. The van der Waals surface area contributed by atoms with Crippen molar-refractivity contribution >= 4 is 68.3 Å². The number of nitrogens with one attached hydrogen (secondary N) is 1. The number of carbonyl (C=O) groups excluding carboxylic acids is 1. The fourth-order valence-corrected chi connectivity index (χ4v) is 13.0. The number of H-pyrrole nitrogens is 1. The molecule has 3 aliphatic carbocycles. The van der Waals surface area contributed by atoms with Gasteiger partial charge in [-0.3, -0.25) is 55.6 Å². The number of hydrogen-bond donors (Lipinski definition) is 1. The summed E-state index contributed by atoms with van der Waals surface area (Å²) in [6.45, 7) is 27.0. The van der Waals surface area contributed by atoms with E-state index < -0.39 is 150 Å². The van der Waals surface area contributed by atoms with Gasteiger partial charge in [0.1, 0.15) is 17.9 Å². The largest absolute Gasteiger partial charge is 0.498 e. The SMILES string of the molecule is CC1(C)OB(c2cnn(CC3CC3(F)F)c2)OC1(C)C.Cc1cn2c(=O)c(-c3cnn(CC4CC4(F)F)c3)c(C(F)(F)F)nc2[nH]1.Cc1cn2c(=O)c(-c3cnn(CC4CC4(F)F)c3)c(C(F)(F)F)nc2n1COCC[Si](C)(C)C.Cc1cn2c(=O)c(Br)c(C(F)(F)F)nc2n1COCC[Si](C)(C)C.O=CC(F)(F)F. The molecule has 0 spiro atoms. The molecule has 110 heavy (non-hydrogen) atoms. The van der Waals surface area contributed by atoms with Crippen molar-refractivity contribution in [1.82, 2.24) is 71.6 Å². The van der Waals surface area contributed by atoms with E-state index in [4.69, 9.17) is 23.6 Å². The van der Waals surface area contributed by atoms with Crippen LogP contribution in [0.4, 0.5) is 79.0 Å². The molecule has 4 aliphatic rings. The maximum Gasteiger partial charge on any atom is 0.498 e. The molecule has 0 bridgehead atoms. The number of aryl methyl sites for hydroxylation is 3. The molecule has 1 aliphatic heterocycles. The molecule has 0 radical (unpaired) electrons. The van der Waals surface area contributed by atoms with Crippen LogP contribution >= 0.6 is 15.9 Å².